The normalized spacial score (nSPS) is 12.8. The Morgan fingerprint density at radius 2 is 2.28 bits per heavy atom. The fraction of sp³-hybridized carbons (Fsp3) is 0.500. The fourth-order valence-electron chi connectivity index (χ4n) is 2.09. The first-order valence-electron chi connectivity index (χ1n) is 6.44. The van der Waals surface area contributed by atoms with Gasteiger partial charge in [-0.1, -0.05) is 6.07 Å². The Hall–Kier alpha value is -1.13. The number of aryl methyl sites for hydroxylation is 3. The van der Waals surface area contributed by atoms with Crippen LogP contribution in [0.15, 0.2) is 23.6 Å². The summed E-state index contributed by atoms with van der Waals surface area (Å²) in [5.41, 5.74) is 2.35. The van der Waals surface area contributed by atoms with Crippen LogP contribution in [0.2, 0.25) is 0 Å². The molecule has 1 atom stereocenters. The Kier molecular flexibility index (Phi) is 4.55. The Labute approximate surface area is 113 Å². The molecule has 0 amide bonds. The van der Waals surface area contributed by atoms with Crippen molar-refractivity contribution in [3.05, 3.63) is 39.8 Å². The van der Waals surface area contributed by atoms with Crippen LogP contribution in [0.1, 0.15) is 35.7 Å². The van der Waals surface area contributed by atoms with E-state index in [9.17, 15) is 0 Å². The van der Waals surface area contributed by atoms with Gasteiger partial charge in [0, 0.05) is 23.2 Å². The summed E-state index contributed by atoms with van der Waals surface area (Å²) in [5, 5.41) is 10.1. The molecule has 18 heavy (non-hydrogen) atoms. The van der Waals surface area contributed by atoms with Crippen molar-refractivity contribution in [2.75, 3.05) is 6.54 Å². The van der Waals surface area contributed by atoms with Gasteiger partial charge in [-0.2, -0.15) is 5.10 Å². The summed E-state index contributed by atoms with van der Waals surface area (Å²) in [7, 11) is 0. The lowest BCUT2D eigenvalue weighted by Crippen LogP contribution is -2.20. The van der Waals surface area contributed by atoms with Gasteiger partial charge in [0.1, 0.15) is 0 Å². The van der Waals surface area contributed by atoms with E-state index in [1.165, 1.54) is 10.6 Å². The maximum atomic E-state index is 4.47. The van der Waals surface area contributed by atoms with E-state index in [0.29, 0.717) is 6.04 Å². The molecule has 3 nitrogen and oxygen atoms in total. The number of thiophene rings is 1. The first kappa shape index (κ1) is 13.3. The third-order valence-corrected chi connectivity index (χ3v) is 4.13. The molecule has 0 aliphatic carbocycles. The number of nitrogens with zero attached hydrogens (tertiary/aromatic N) is 2. The van der Waals surface area contributed by atoms with Crippen LogP contribution < -0.4 is 5.32 Å². The number of aromatic nitrogens is 2. The van der Waals surface area contributed by atoms with Crippen molar-refractivity contribution < 1.29 is 0 Å². The largest absolute Gasteiger partial charge is 0.309 e. The van der Waals surface area contributed by atoms with Crippen LogP contribution in [0.5, 0.6) is 0 Å². The van der Waals surface area contributed by atoms with E-state index >= 15 is 0 Å². The van der Waals surface area contributed by atoms with Crippen LogP contribution in [-0.4, -0.2) is 16.3 Å². The van der Waals surface area contributed by atoms with Crippen LogP contribution >= 0.6 is 11.3 Å². The molecular formula is C14H21N3S. The molecule has 2 aromatic heterocycles. The molecule has 98 valence electrons. The maximum Gasteiger partial charge on any atom is 0.0596 e. The van der Waals surface area contributed by atoms with Crippen LogP contribution in [0.4, 0.5) is 0 Å². The molecule has 2 rings (SSSR count). The summed E-state index contributed by atoms with van der Waals surface area (Å²) in [5.74, 6) is 0. The minimum Gasteiger partial charge on any atom is -0.309 e. The van der Waals surface area contributed by atoms with Crippen molar-refractivity contribution in [2.24, 2.45) is 0 Å². The van der Waals surface area contributed by atoms with Gasteiger partial charge in [0.15, 0.2) is 0 Å². The standard InChI is InChI=1S/C14H21N3S/c1-11-10-12(2)17(16-11)8-5-7-15-13(3)14-6-4-9-18-14/h4,6,9-10,13,15H,5,7-8H2,1-3H3. The molecule has 0 aliphatic rings. The molecule has 2 aromatic rings. The molecule has 4 heteroatoms. The number of nitrogens with one attached hydrogen (secondary N) is 1. The lowest BCUT2D eigenvalue weighted by atomic mass is 10.2. The zero-order chi connectivity index (χ0) is 13.0. The Balaban J connectivity index is 1.72. The van der Waals surface area contributed by atoms with E-state index in [2.05, 4.69) is 52.5 Å². The highest BCUT2D eigenvalue weighted by molar-refractivity contribution is 7.10. The van der Waals surface area contributed by atoms with Gasteiger partial charge in [0.05, 0.1) is 5.69 Å². The van der Waals surface area contributed by atoms with Gasteiger partial charge in [-0.05, 0) is 51.2 Å². The molecule has 0 spiro atoms. The van der Waals surface area contributed by atoms with E-state index in [-0.39, 0.29) is 0 Å². The predicted molar refractivity (Wildman–Crippen MR) is 77.1 cm³/mol. The van der Waals surface area contributed by atoms with Gasteiger partial charge in [-0.25, -0.2) is 0 Å². The van der Waals surface area contributed by atoms with Crippen LogP contribution in [0, 0.1) is 13.8 Å². The quantitative estimate of drug-likeness (QED) is 0.810. The predicted octanol–water partition coefficient (Wildman–Crippen LogP) is 3.30. The van der Waals surface area contributed by atoms with Crippen molar-refractivity contribution in [1.29, 1.82) is 0 Å². The highest BCUT2D eigenvalue weighted by Gasteiger charge is 2.05. The topological polar surface area (TPSA) is 29.9 Å². The molecule has 0 saturated carbocycles. The molecule has 0 aliphatic heterocycles. The van der Waals surface area contributed by atoms with Gasteiger partial charge in [-0.15, -0.1) is 11.3 Å². The minimum atomic E-state index is 0.449. The molecule has 0 aromatic carbocycles. The van der Waals surface area contributed by atoms with E-state index in [1.807, 2.05) is 18.3 Å². The first-order chi connectivity index (χ1) is 8.66. The maximum absolute atomic E-state index is 4.47. The zero-order valence-electron chi connectivity index (χ0n) is 11.3. The third-order valence-electron chi connectivity index (χ3n) is 3.07. The van der Waals surface area contributed by atoms with Gasteiger partial charge >= 0.3 is 0 Å². The van der Waals surface area contributed by atoms with E-state index in [4.69, 9.17) is 0 Å². The highest BCUT2D eigenvalue weighted by Crippen LogP contribution is 2.17. The average molecular weight is 263 g/mol. The number of rotatable bonds is 6. The number of hydrogen-bond acceptors (Lipinski definition) is 3. The summed E-state index contributed by atoms with van der Waals surface area (Å²) in [6.07, 6.45) is 1.11. The molecule has 0 radical (unpaired) electrons. The van der Waals surface area contributed by atoms with E-state index < -0.39 is 0 Å². The molecule has 2 heterocycles. The summed E-state index contributed by atoms with van der Waals surface area (Å²) in [4.78, 5) is 1.40. The van der Waals surface area contributed by atoms with Crippen molar-refractivity contribution >= 4 is 11.3 Å². The van der Waals surface area contributed by atoms with Crippen molar-refractivity contribution in [2.45, 2.75) is 39.8 Å². The molecule has 0 fully saturated rings. The number of hydrogen-bond donors (Lipinski definition) is 1. The van der Waals surface area contributed by atoms with E-state index in [1.54, 1.807) is 0 Å². The van der Waals surface area contributed by atoms with Gasteiger partial charge < -0.3 is 5.32 Å². The minimum absolute atomic E-state index is 0.449. The SMILES string of the molecule is Cc1cc(C)n(CCCNC(C)c2cccs2)n1. The van der Waals surface area contributed by atoms with Crippen LogP contribution in [-0.2, 0) is 6.54 Å². The first-order valence-corrected chi connectivity index (χ1v) is 7.32. The van der Waals surface area contributed by atoms with Gasteiger partial charge in [-0.3, -0.25) is 4.68 Å². The molecule has 0 saturated heterocycles. The molecule has 1 unspecified atom stereocenters. The lowest BCUT2D eigenvalue weighted by molar-refractivity contribution is 0.503. The third kappa shape index (κ3) is 3.43. The van der Waals surface area contributed by atoms with Crippen LogP contribution in [0.25, 0.3) is 0 Å². The second-order valence-electron chi connectivity index (χ2n) is 4.70. The van der Waals surface area contributed by atoms with Crippen molar-refractivity contribution in [3.63, 3.8) is 0 Å². The molecule has 0 bridgehead atoms. The van der Waals surface area contributed by atoms with Crippen molar-refractivity contribution in [1.82, 2.24) is 15.1 Å². The average Bonchev–Trinajstić information content (AvgIpc) is 2.94. The second-order valence-corrected chi connectivity index (χ2v) is 5.67. The van der Waals surface area contributed by atoms with Crippen molar-refractivity contribution in [3.8, 4) is 0 Å². The van der Waals surface area contributed by atoms with Gasteiger partial charge in [0.25, 0.3) is 0 Å². The van der Waals surface area contributed by atoms with E-state index in [0.717, 1.165) is 25.2 Å². The fourth-order valence-corrected chi connectivity index (χ4v) is 2.85. The van der Waals surface area contributed by atoms with Crippen LogP contribution in [0.3, 0.4) is 0 Å². The monoisotopic (exact) mass is 263 g/mol. The zero-order valence-corrected chi connectivity index (χ0v) is 12.1. The highest BCUT2D eigenvalue weighted by atomic mass is 32.1. The Morgan fingerprint density at radius 3 is 2.89 bits per heavy atom. The summed E-state index contributed by atoms with van der Waals surface area (Å²) in [6.45, 7) is 8.39. The Morgan fingerprint density at radius 1 is 1.44 bits per heavy atom. The smallest absolute Gasteiger partial charge is 0.0596 e. The summed E-state index contributed by atoms with van der Waals surface area (Å²) in [6, 6.07) is 6.87. The lowest BCUT2D eigenvalue weighted by Gasteiger charge is -2.12. The van der Waals surface area contributed by atoms with Gasteiger partial charge in [0.2, 0.25) is 0 Å². The second kappa shape index (κ2) is 6.16. The molecular weight excluding hydrogens is 242 g/mol. The summed E-state index contributed by atoms with van der Waals surface area (Å²) < 4.78 is 2.09. The molecule has 1 N–H and O–H groups in total. The Bertz CT molecular complexity index is 473. The summed E-state index contributed by atoms with van der Waals surface area (Å²) >= 11 is 1.81.